The predicted octanol–water partition coefficient (Wildman–Crippen LogP) is 20.0. The van der Waals surface area contributed by atoms with Crippen molar-refractivity contribution in [3.63, 3.8) is 0 Å². The van der Waals surface area contributed by atoms with Crippen LogP contribution in [0.2, 0.25) is 5.28 Å². The van der Waals surface area contributed by atoms with E-state index in [0.29, 0.717) is 45.4 Å². The monoisotopic (exact) mass is 1340 g/mol. The third-order valence-electron chi connectivity index (χ3n) is 17.1. The predicted molar refractivity (Wildman–Crippen MR) is 393 cm³/mol. The molecular weight excluding hydrogens is 1280 g/mol. The zero-order chi connectivity index (χ0) is 66.9. The molecule has 18 heteroatoms. The van der Waals surface area contributed by atoms with E-state index in [1.54, 1.807) is 46.9 Å². The summed E-state index contributed by atoms with van der Waals surface area (Å²) in [6.45, 7) is 7.95. The zero-order valence-electron chi connectivity index (χ0n) is 53.2. The maximum absolute atomic E-state index is 15.7. The van der Waals surface area contributed by atoms with Crippen LogP contribution in [0.1, 0.15) is 27.7 Å². The summed E-state index contributed by atoms with van der Waals surface area (Å²) in [5.41, 5.74) is 9.78. The fourth-order valence-corrected chi connectivity index (χ4v) is 13.9. The molecule has 0 spiro atoms. The zero-order valence-corrected chi connectivity index (χ0v) is 55.6. The van der Waals surface area contributed by atoms with Gasteiger partial charge >= 0.3 is 7.12 Å². The van der Waals surface area contributed by atoms with E-state index in [0.717, 1.165) is 80.7 Å². The summed E-state index contributed by atoms with van der Waals surface area (Å²) in [6, 6.07) is 84.8. The Kier molecular flexibility index (Phi) is 17.3. The quantitative estimate of drug-likeness (QED) is 0.0948. The molecule has 10 aromatic carbocycles. The number of thiophene rings is 2. The summed E-state index contributed by atoms with van der Waals surface area (Å²) in [7, 11) is -0.617. The van der Waals surface area contributed by atoms with Crippen molar-refractivity contribution in [3.05, 3.63) is 284 Å². The van der Waals surface area contributed by atoms with Crippen molar-refractivity contribution >= 4 is 87.5 Å². The fraction of sp³-hybridized carbons (Fsp3) is 0.0750. The van der Waals surface area contributed by atoms with Gasteiger partial charge in [-0.1, -0.05) is 224 Å². The number of aromatic nitrogens is 10. The Hall–Kier alpha value is -11.0. The molecule has 6 aromatic heterocycles. The Morgan fingerprint density at radius 2 is 0.663 bits per heavy atom. The standard InChI is InChI=1S/C37H22FN5S.C27H25BFN3O2.C16H9ClN2S/c38-29-21-20-26(36-39-31(23-12-4-1-5-13-23)33-32(40-36)27-18-10-11-19-30(27)44-33)22-28(29)37-42-34(24-14-6-2-7-15-24)41-35(43-37)25-16-8-3-9-17-25;1-26(2)27(3,4)34-28(33-26)20-15-16-22(29)21(17-20)25-31-23(18-11-7-5-8-12-18)30-24(32-25)19-13-9-6-10-14-19;17-16-18-13(10-6-2-1-3-7-10)15-14(19-16)11-8-4-5-9-12(11)20-15/h1-22H;5-17H,1-4H3;1-9H. The number of rotatable bonds is 10. The first-order valence-corrected chi connectivity index (χ1v) is 33.6. The third kappa shape index (κ3) is 12.8. The summed E-state index contributed by atoms with van der Waals surface area (Å²) >= 11 is 9.50. The van der Waals surface area contributed by atoms with E-state index < -0.39 is 30.0 Å². The highest BCUT2D eigenvalue weighted by Crippen LogP contribution is 2.42. The van der Waals surface area contributed by atoms with Crippen LogP contribution in [0.5, 0.6) is 0 Å². The lowest BCUT2D eigenvalue weighted by molar-refractivity contribution is 0.00578. The van der Waals surface area contributed by atoms with Gasteiger partial charge in [-0.25, -0.2) is 58.6 Å². The largest absolute Gasteiger partial charge is 0.494 e. The SMILES string of the molecule is CC1(C)OB(c2ccc(F)c(-c3nc(-c4ccccc4)nc(-c4ccccc4)n3)c2)OC1(C)C.Clc1nc(-c2ccccc2)c2sc3ccccc3c2n1.Fc1ccc(-c2nc(-c3ccccc3)c3sc4ccccc4c3n2)cc1-c1nc(-c2ccccc2)nc(-c2ccccc2)n1. The number of fused-ring (bicyclic) bond motifs is 6. The second-order valence-corrected chi connectivity index (χ2v) is 26.6. The Morgan fingerprint density at radius 1 is 0.327 bits per heavy atom. The molecule has 0 unspecified atom stereocenters. The van der Waals surface area contributed by atoms with Crippen LogP contribution in [0.15, 0.2) is 267 Å². The maximum atomic E-state index is 15.7. The van der Waals surface area contributed by atoms with Crippen LogP contribution in [-0.2, 0) is 9.31 Å². The first-order chi connectivity index (χ1) is 47.8. The number of halogens is 3. The van der Waals surface area contributed by atoms with E-state index in [-0.39, 0.29) is 22.8 Å². The van der Waals surface area contributed by atoms with Crippen LogP contribution in [-0.4, -0.2) is 68.2 Å². The number of nitrogens with zero attached hydrogens (tertiary/aromatic N) is 10. The Bertz CT molecular complexity index is 5460. The van der Waals surface area contributed by atoms with Crippen LogP contribution in [0.3, 0.4) is 0 Å². The van der Waals surface area contributed by atoms with Gasteiger partial charge in [0.25, 0.3) is 0 Å². The van der Waals surface area contributed by atoms with Gasteiger partial charge in [0.2, 0.25) is 5.28 Å². The van der Waals surface area contributed by atoms with Crippen molar-refractivity contribution in [2.75, 3.05) is 0 Å². The van der Waals surface area contributed by atoms with Crippen molar-refractivity contribution in [3.8, 4) is 102 Å². The van der Waals surface area contributed by atoms with Gasteiger partial charge in [0.05, 0.1) is 54.2 Å². The molecule has 0 atom stereocenters. The van der Waals surface area contributed by atoms with Gasteiger partial charge in [-0.05, 0) is 87.2 Å². The second kappa shape index (κ2) is 26.9. The van der Waals surface area contributed by atoms with Gasteiger partial charge in [-0.15, -0.1) is 22.7 Å². The average Bonchev–Trinajstić information content (AvgIpc) is 1.63. The van der Waals surface area contributed by atoms with Crippen molar-refractivity contribution < 1.29 is 18.1 Å². The Labute approximate surface area is 576 Å². The summed E-state index contributed by atoms with van der Waals surface area (Å²) < 4.78 is 47.6. The normalized spacial score (nSPS) is 13.1. The van der Waals surface area contributed by atoms with Crippen LogP contribution in [0, 0.1) is 11.6 Å². The van der Waals surface area contributed by atoms with Crippen molar-refractivity contribution in [1.82, 2.24) is 49.8 Å². The average molecular weight is 1340 g/mol. The third-order valence-corrected chi connectivity index (χ3v) is 19.6. The van der Waals surface area contributed by atoms with Gasteiger partial charge in [-0.3, -0.25) is 0 Å². The number of benzene rings is 10. The fourth-order valence-electron chi connectivity index (χ4n) is 11.4. The van der Waals surface area contributed by atoms with Gasteiger partial charge in [-0.2, -0.15) is 0 Å². The summed E-state index contributed by atoms with van der Waals surface area (Å²) in [5.74, 6) is 2.01. The molecule has 1 aliphatic heterocycles. The molecule has 16 aromatic rings. The Morgan fingerprint density at radius 3 is 1.09 bits per heavy atom. The Balaban J connectivity index is 0.000000128. The van der Waals surface area contributed by atoms with Crippen molar-refractivity contribution in [1.29, 1.82) is 0 Å². The maximum Gasteiger partial charge on any atom is 0.494 e. The van der Waals surface area contributed by atoms with E-state index >= 15 is 8.78 Å². The van der Waals surface area contributed by atoms with Crippen molar-refractivity contribution in [2.45, 2.75) is 38.9 Å². The minimum absolute atomic E-state index is 0.238. The number of hydrogen-bond acceptors (Lipinski definition) is 14. The molecule has 1 saturated heterocycles. The van der Waals surface area contributed by atoms with Crippen LogP contribution in [0.4, 0.5) is 8.78 Å². The molecule has 1 fully saturated rings. The minimum Gasteiger partial charge on any atom is -0.399 e. The van der Waals surface area contributed by atoms with Crippen LogP contribution < -0.4 is 5.46 Å². The lowest BCUT2D eigenvalue weighted by atomic mass is 9.78. The summed E-state index contributed by atoms with van der Waals surface area (Å²) in [5, 5.41) is 2.49. The molecule has 0 N–H and O–H groups in total. The van der Waals surface area contributed by atoms with E-state index in [1.807, 2.05) is 234 Å². The lowest BCUT2D eigenvalue weighted by Crippen LogP contribution is -2.41. The molecule has 7 heterocycles. The molecule has 0 radical (unpaired) electrons. The summed E-state index contributed by atoms with van der Waals surface area (Å²) in [6.07, 6.45) is 0. The van der Waals surface area contributed by atoms with E-state index in [1.165, 1.54) is 16.8 Å². The smallest absolute Gasteiger partial charge is 0.399 e. The topological polar surface area (TPSA) is 147 Å². The van der Waals surface area contributed by atoms with Gasteiger partial charge in [0.15, 0.2) is 40.8 Å². The number of hydrogen-bond donors (Lipinski definition) is 0. The van der Waals surface area contributed by atoms with E-state index in [4.69, 9.17) is 45.8 Å². The van der Waals surface area contributed by atoms with Gasteiger partial charge < -0.3 is 9.31 Å². The van der Waals surface area contributed by atoms with Crippen LogP contribution >= 0.6 is 34.3 Å². The molecule has 0 amide bonds. The van der Waals surface area contributed by atoms with Crippen LogP contribution in [0.25, 0.3) is 143 Å². The van der Waals surface area contributed by atoms with Gasteiger partial charge in [0.1, 0.15) is 11.6 Å². The highest BCUT2D eigenvalue weighted by atomic mass is 35.5. The van der Waals surface area contributed by atoms with Gasteiger partial charge in [0, 0.05) is 59.1 Å². The molecule has 17 rings (SSSR count). The highest BCUT2D eigenvalue weighted by molar-refractivity contribution is 7.26. The molecule has 0 saturated carbocycles. The first-order valence-electron chi connectivity index (χ1n) is 31.6. The summed E-state index contributed by atoms with van der Waals surface area (Å²) in [4.78, 5) is 47.1. The lowest BCUT2D eigenvalue weighted by Gasteiger charge is -2.32. The molecule has 12 nitrogen and oxygen atoms in total. The molecule has 0 bridgehead atoms. The van der Waals surface area contributed by atoms with E-state index in [9.17, 15) is 0 Å². The second-order valence-electron chi connectivity index (χ2n) is 24.1. The molecule has 1 aliphatic rings. The van der Waals surface area contributed by atoms with E-state index in [2.05, 4.69) is 49.2 Å². The minimum atomic E-state index is -0.617. The molecule has 474 valence electrons. The first kappa shape index (κ1) is 63.0. The van der Waals surface area contributed by atoms with Crippen molar-refractivity contribution in [2.24, 2.45) is 0 Å². The molecular formula is C80H56BClF2N10O2S2. The highest BCUT2D eigenvalue weighted by Gasteiger charge is 2.52. The molecule has 0 aliphatic carbocycles. The molecule has 98 heavy (non-hydrogen) atoms.